The van der Waals surface area contributed by atoms with Crippen LogP contribution in [0.4, 0.5) is 5.69 Å². The number of rotatable bonds is 9. The molecule has 8 nitrogen and oxygen atoms in total. The Balaban J connectivity index is 1.85. The third-order valence-electron chi connectivity index (χ3n) is 4.58. The molecule has 0 saturated carbocycles. The topological polar surface area (TPSA) is 115 Å². The zero-order chi connectivity index (χ0) is 25.4. The van der Waals surface area contributed by atoms with Crippen LogP contribution in [-0.4, -0.2) is 28.0 Å². The smallest absolute Gasteiger partial charge is 0.339 e. The van der Waals surface area contributed by atoms with Gasteiger partial charge in [0, 0.05) is 5.69 Å². The Morgan fingerprint density at radius 1 is 1.11 bits per heavy atom. The number of ether oxygens (including phenoxy) is 2. The maximum atomic E-state index is 12.6. The van der Waals surface area contributed by atoms with E-state index >= 15 is 0 Å². The number of benzene rings is 3. The first kappa shape index (κ1) is 25.6. The van der Waals surface area contributed by atoms with Crippen LogP contribution in [0.5, 0.6) is 17.2 Å². The lowest BCUT2D eigenvalue weighted by Crippen LogP contribution is -2.13. The van der Waals surface area contributed by atoms with Gasteiger partial charge in [-0.25, -0.2) is 0 Å². The molecule has 1 N–H and O–H groups in total. The number of methoxy groups -OCH3 is 1. The van der Waals surface area contributed by atoms with Gasteiger partial charge in [0.25, 0.3) is 5.91 Å². The van der Waals surface area contributed by atoms with E-state index in [1.807, 2.05) is 13.0 Å². The van der Waals surface area contributed by atoms with Gasteiger partial charge >= 0.3 is 10.1 Å². The van der Waals surface area contributed by atoms with Crippen molar-refractivity contribution in [3.63, 3.8) is 0 Å². The van der Waals surface area contributed by atoms with Crippen molar-refractivity contribution in [1.82, 2.24) is 0 Å². The average molecular weight is 513 g/mol. The van der Waals surface area contributed by atoms with Crippen LogP contribution in [-0.2, 0) is 14.9 Å². The predicted octanol–water partition coefficient (Wildman–Crippen LogP) is 5.06. The highest BCUT2D eigenvalue weighted by Gasteiger charge is 2.22. The maximum absolute atomic E-state index is 12.6. The molecule has 0 atom stereocenters. The number of halogens is 1. The first-order valence-corrected chi connectivity index (χ1v) is 12.1. The SMILES string of the molecule is CCOc1ccc(NC(=O)/C(C#N)=C/c2cc(Cl)c(OS(=O)(=O)c3ccccc3)c(OC)c2)cc1. The molecule has 0 aromatic heterocycles. The molecule has 0 saturated heterocycles. The minimum absolute atomic E-state index is 0.00691. The number of anilines is 1. The number of hydrogen-bond acceptors (Lipinski definition) is 7. The van der Waals surface area contributed by atoms with E-state index in [1.165, 1.54) is 37.5 Å². The highest BCUT2D eigenvalue weighted by Crippen LogP contribution is 2.38. The quantitative estimate of drug-likeness (QED) is 0.242. The minimum Gasteiger partial charge on any atom is -0.494 e. The first-order chi connectivity index (χ1) is 16.8. The molecule has 3 rings (SSSR count). The second-order valence-electron chi connectivity index (χ2n) is 6.97. The third-order valence-corrected chi connectivity index (χ3v) is 6.09. The van der Waals surface area contributed by atoms with Crippen LogP contribution in [0, 0.1) is 11.3 Å². The average Bonchev–Trinajstić information content (AvgIpc) is 2.85. The Kier molecular flexibility index (Phi) is 8.36. The summed E-state index contributed by atoms with van der Waals surface area (Å²) >= 11 is 6.29. The van der Waals surface area contributed by atoms with Crippen molar-refractivity contribution < 1.29 is 26.9 Å². The van der Waals surface area contributed by atoms with Gasteiger partial charge in [-0.3, -0.25) is 4.79 Å². The van der Waals surface area contributed by atoms with Gasteiger partial charge in [-0.05, 0) is 67.1 Å². The molecular formula is C25H21ClN2O6S. The molecule has 0 fully saturated rings. The predicted molar refractivity (Wildman–Crippen MR) is 132 cm³/mol. The van der Waals surface area contributed by atoms with E-state index < -0.39 is 16.0 Å². The summed E-state index contributed by atoms with van der Waals surface area (Å²) in [7, 11) is -2.86. The highest BCUT2D eigenvalue weighted by molar-refractivity contribution is 7.87. The molecule has 1 amide bonds. The fourth-order valence-electron chi connectivity index (χ4n) is 2.96. The number of amides is 1. The van der Waals surface area contributed by atoms with Gasteiger partial charge in [0.2, 0.25) is 5.75 Å². The molecule has 0 aliphatic heterocycles. The van der Waals surface area contributed by atoms with E-state index in [9.17, 15) is 18.5 Å². The zero-order valence-corrected chi connectivity index (χ0v) is 20.4. The van der Waals surface area contributed by atoms with Gasteiger partial charge < -0.3 is 19.0 Å². The van der Waals surface area contributed by atoms with Gasteiger partial charge in [-0.15, -0.1) is 0 Å². The number of carbonyl (C=O) groups is 1. The summed E-state index contributed by atoms with van der Waals surface area (Å²) in [6, 6.07) is 18.9. The van der Waals surface area contributed by atoms with Crippen molar-refractivity contribution in [2.24, 2.45) is 0 Å². The molecule has 180 valence electrons. The number of nitriles is 1. The zero-order valence-electron chi connectivity index (χ0n) is 18.8. The van der Waals surface area contributed by atoms with Crippen molar-refractivity contribution >= 4 is 39.4 Å². The van der Waals surface area contributed by atoms with Crippen molar-refractivity contribution in [3.8, 4) is 23.3 Å². The van der Waals surface area contributed by atoms with Crippen LogP contribution in [0.1, 0.15) is 12.5 Å². The lowest BCUT2D eigenvalue weighted by molar-refractivity contribution is -0.112. The molecule has 0 bridgehead atoms. The Morgan fingerprint density at radius 3 is 2.40 bits per heavy atom. The summed E-state index contributed by atoms with van der Waals surface area (Å²) in [4.78, 5) is 12.6. The van der Waals surface area contributed by atoms with Gasteiger partial charge in [-0.1, -0.05) is 29.8 Å². The van der Waals surface area contributed by atoms with Crippen LogP contribution < -0.4 is 19.0 Å². The number of nitrogens with zero attached hydrogens (tertiary/aromatic N) is 1. The molecule has 0 radical (unpaired) electrons. The van der Waals surface area contributed by atoms with Gasteiger partial charge in [0.05, 0.1) is 18.7 Å². The Bertz CT molecular complexity index is 1380. The molecule has 0 aliphatic rings. The third kappa shape index (κ3) is 6.53. The summed E-state index contributed by atoms with van der Waals surface area (Å²) < 4.78 is 41.0. The molecular weight excluding hydrogens is 492 g/mol. The van der Waals surface area contributed by atoms with Gasteiger partial charge in [0.1, 0.15) is 22.3 Å². The maximum Gasteiger partial charge on any atom is 0.339 e. The molecule has 35 heavy (non-hydrogen) atoms. The van der Waals surface area contributed by atoms with E-state index in [0.717, 1.165) is 0 Å². The number of nitrogens with one attached hydrogen (secondary N) is 1. The van der Waals surface area contributed by atoms with Crippen LogP contribution in [0.3, 0.4) is 0 Å². The molecule has 0 aliphatic carbocycles. The largest absolute Gasteiger partial charge is 0.494 e. The van der Waals surface area contributed by atoms with Gasteiger partial charge in [0.15, 0.2) is 5.75 Å². The van der Waals surface area contributed by atoms with Crippen LogP contribution in [0.25, 0.3) is 6.08 Å². The highest BCUT2D eigenvalue weighted by atomic mass is 35.5. The van der Waals surface area contributed by atoms with Crippen LogP contribution in [0.15, 0.2) is 77.2 Å². The lowest BCUT2D eigenvalue weighted by atomic mass is 10.1. The monoisotopic (exact) mass is 512 g/mol. The van der Waals surface area contributed by atoms with Crippen LogP contribution >= 0.6 is 11.6 Å². The van der Waals surface area contributed by atoms with E-state index in [1.54, 1.807) is 42.5 Å². The Hall–Kier alpha value is -4.00. The molecule has 3 aromatic carbocycles. The molecule has 0 unspecified atom stereocenters. The summed E-state index contributed by atoms with van der Waals surface area (Å²) in [5.41, 5.74) is 0.599. The summed E-state index contributed by atoms with van der Waals surface area (Å²) in [5, 5.41) is 12.1. The van der Waals surface area contributed by atoms with Gasteiger partial charge in [-0.2, -0.15) is 13.7 Å². The van der Waals surface area contributed by atoms with Crippen molar-refractivity contribution in [2.45, 2.75) is 11.8 Å². The van der Waals surface area contributed by atoms with E-state index in [4.69, 9.17) is 25.3 Å². The van der Waals surface area contributed by atoms with Crippen molar-refractivity contribution in [3.05, 3.63) is 82.9 Å². The summed E-state index contributed by atoms with van der Waals surface area (Å²) in [6.07, 6.45) is 1.30. The number of carbonyl (C=O) groups excluding carboxylic acids is 1. The summed E-state index contributed by atoms with van der Waals surface area (Å²) in [5.74, 6) is -0.196. The van der Waals surface area contributed by atoms with Crippen molar-refractivity contribution in [2.75, 3.05) is 19.0 Å². The normalized spacial score (nSPS) is 11.3. The molecule has 10 heteroatoms. The molecule has 3 aromatic rings. The van der Waals surface area contributed by atoms with E-state index in [2.05, 4.69) is 5.32 Å². The lowest BCUT2D eigenvalue weighted by Gasteiger charge is -2.13. The van der Waals surface area contributed by atoms with Crippen LogP contribution in [0.2, 0.25) is 5.02 Å². The fourth-order valence-corrected chi connectivity index (χ4v) is 4.25. The van der Waals surface area contributed by atoms with Crippen molar-refractivity contribution in [1.29, 1.82) is 5.26 Å². The van der Waals surface area contributed by atoms with E-state index in [0.29, 0.717) is 23.6 Å². The second-order valence-corrected chi connectivity index (χ2v) is 8.92. The standard InChI is InChI=1S/C25H21ClN2O6S/c1-3-33-20-11-9-19(10-12-20)28-25(29)18(16-27)13-17-14-22(26)24(23(15-17)32-2)34-35(30,31)21-7-5-4-6-8-21/h4-15H,3H2,1-2H3,(H,28,29)/b18-13+. The second kappa shape index (κ2) is 11.4. The molecule has 0 spiro atoms. The Morgan fingerprint density at radius 2 is 1.80 bits per heavy atom. The molecule has 0 heterocycles. The fraction of sp³-hybridized carbons (Fsp3) is 0.120. The number of hydrogen-bond donors (Lipinski definition) is 1. The first-order valence-electron chi connectivity index (χ1n) is 10.3. The summed E-state index contributed by atoms with van der Waals surface area (Å²) in [6.45, 7) is 2.38. The Labute approximate surface area is 208 Å². The van der Waals surface area contributed by atoms with E-state index in [-0.39, 0.29) is 27.0 Å². The minimum atomic E-state index is -4.17.